The van der Waals surface area contributed by atoms with Crippen LogP contribution in [-0.4, -0.2) is 36.6 Å². The van der Waals surface area contributed by atoms with E-state index in [1.165, 1.54) is 64.6 Å². The fraction of sp³-hybridized carbons (Fsp3) is 1.00. The van der Waals surface area contributed by atoms with Gasteiger partial charge in [-0.15, -0.1) is 0 Å². The summed E-state index contributed by atoms with van der Waals surface area (Å²) in [6, 6.07) is 1.63. The zero-order chi connectivity index (χ0) is 13.7. The SMILES string of the molecule is CCC1CCN(C2CCCCC2CC)CC(C)CN1. The minimum absolute atomic E-state index is 0.744. The molecule has 19 heavy (non-hydrogen) atoms. The van der Waals surface area contributed by atoms with Gasteiger partial charge in [0.05, 0.1) is 0 Å². The fourth-order valence-corrected chi connectivity index (χ4v) is 4.14. The van der Waals surface area contributed by atoms with Crippen molar-refractivity contribution < 1.29 is 0 Å². The van der Waals surface area contributed by atoms with Crippen LogP contribution in [-0.2, 0) is 0 Å². The molecule has 4 atom stereocenters. The van der Waals surface area contributed by atoms with Crippen LogP contribution in [0.1, 0.15) is 65.7 Å². The van der Waals surface area contributed by atoms with Gasteiger partial charge in [0.25, 0.3) is 0 Å². The molecule has 2 aliphatic rings. The first-order valence-electron chi connectivity index (χ1n) is 8.72. The van der Waals surface area contributed by atoms with E-state index >= 15 is 0 Å². The number of rotatable bonds is 3. The predicted molar refractivity (Wildman–Crippen MR) is 83.5 cm³/mol. The van der Waals surface area contributed by atoms with Gasteiger partial charge in [0.2, 0.25) is 0 Å². The summed E-state index contributed by atoms with van der Waals surface area (Å²) in [6.45, 7) is 11.0. The second-order valence-electron chi connectivity index (χ2n) is 6.92. The van der Waals surface area contributed by atoms with Gasteiger partial charge in [-0.05, 0) is 50.6 Å². The van der Waals surface area contributed by atoms with Crippen molar-refractivity contribution in [1.82, 2.24) is 10.2 Å². The minimum Gasteiger partial charge on any atom is -0.314 e. The quantitative estimate of drug-likeness (QED) is 0.838. The van der Waals surface area contributed by atoms with E-state index < -0.39 is 0 Å². The van der Waals surface area contributed by atoms with Crippen molar-refractivity contribution in [2.24, 2.45) is 11.8 Å². The summed E-state index contributed by atoms with van der Waals surface area (Å²) in [5.41, 5.74) is 0. The molecule has 0 aromatic rings. The maximum absolute atomic E-state index is 3.74. The second-order valence-corrected chi connectivity index (χ2v) is 6.92. The molecule has 0 radical (unpaired) electrons. The van der Waals surface area contributed by atoms with Crippen molar-refractivity contribution in [3.63, 3.8) is 0 Å². The third kappa shape index (κ3) is 4.19. The van der Waals surface area contributed by atoms with Crippen LogP contribution in [0.4, 0.5) is 0 Å². The molecule has 0 bridgehead atoms. The number of hydrogen-bond acceptors (Lipinski definition) is 2. The Morgan fingerprint density at radius 1 is 1.05 bits per heavy atom. The van der Waals surface area contributed by atoms with E-state index in [0.29, 0.717) is 0 Å². The van der Waals surface area contributed by atoms with Crippen molar-refractivity contribution in [2.45, 2.75) is 77.8 Å². The molecule has 0 aromatic heterocycles. The molecule has 2 nitrogen and oxygen atoms in total. The molecule has 1 saturated carbocycles. The molecule has 2 rings (SSSR count). The summed E-state index contributed by atoms with van der Waals surface area (Å²) in [4.78, 5) is 2.86. The van der Waals surface area contributed by atoms with Crippen LogP contribution in [0.2, 0.25) is 0 Å². The summed E-state index contributed by atoms with van der Waals surface area (Å²) in [7, 11) is 0. The highest BCUT2D eigenvalue weighted by Crippen LogP contribution is 2.31. The number of nitrogens with one attached hydrogen (secondary N) is 1. The number of hydrogen-bond donors (Lipinski definition) is 1. The van der Waals surface area contributed by atoms with E-state index in [2.05, 4.69) is 31.0 Å². The molecule has 1 heterocycles. The van der Waals surface area contributed by atoms with Gasteiger partial charge < -0.3 is 5.32 Å². The molecular formula is C17H34N2. The van der Waals surface area contributed by atoms with E-state index in [0.717, 1.165) is 23.9 Å². The molecule has 0 spiro atoms. The summed E-state index contributed by atoms with van der Waals surface area (Å²) in [6.07, 6.45) is 9.86. The molecule has 1 aliphatic heterocycles. The van der Waals surface area contributed by atoms with Crippen LogP contribution in [0.25, 0.3) is 0 Å². The molecule has 0 amide bonds. The fourth-order valence-electron chi connectivity index (χ4n) is 4.14. The highest BCUT2D eigenvalue weighted by atomic mass is 15.2. The third-order valence-corrected chi connectivity index (χ3v) is 5.42. The van der Waals surface area contributed by atoms with Gasteiger partial charge in [-0.2, -0.15) is 0 Å². The Labute approximate surface area is 120 Å². The topological polar surface area (TPSA) is 15.3 Å². The summed E-state index contributed by atoms with van der Waals surface area (Å²) >= 11 is 0. The van der Waals surface area contributed by atoms with Gasteiger partial charge in [0.15, 0.2) is 0 Å². The average Bonchev–Trinajstić information content (AvgIpc) is 2.43. The van der Waals surface area contributed by atoms with Crippen LogP contribution < -0.4 is 5.32 Å². The maximum atomic E-state index is 3.74. The second kappa shape index (κ2) is 7.64. The summed E-state index contributed by atoms with van der Waals surface area (Å²) in [5, 5.41) is 3.74. The molecule has 1 aliphatic carbocycles. The standard InChI is InChI=1S/C17H34N2/c1-4-15-8-6-7-9-17(15)19-11-10-16(5-2)18-12-14(3)13-19/h14-18H,4-13H2,1-3H3. The zero-order valence-corrected chi connectivity index (χ0v) is 13.3. The largest absolute Gasteiger partial charge is 0.314 e. The minimum atomic E-state index is 0.744. The third-order valence-electron chi connectivity index (χ3n) is 5.42. The molecule has 0 aromatic carbocycles. The van der Waals surface area contributed by atoms with Crippen molar-refractivity contribution in [3.8, 4) is 0 Å². The van der Waals surface area contributed by atoms with Gasteiger partial charge in [0, 0.05) is 18.6 Å². The van der Waals surface area contributed by atoms with Gasteiger partial charge in [-0.3, -0.25) is 4.90 Å². The lowest BCUT2D eigenvalue weighted by Crippen LogP contribution is -2.50. The lowest BCUT2D eigenvalue weighted by atomic mass is 9.81. The Hall–Kier alpha value is -0.0800. The first kappa shape index (κ1) is 15.3. The molecule has 1 saturated heterocycles. The lowest BCUT2D eigenvalue weighted by Gasteiger charge is -2.43. The Kier molecular flexibility index (Phi) is 6.15. The highest BCUT2D eigenvalue weighted by Gasteiger charge is 2.30. The Balaban J connectivity index is 1.98. The van der Waals surface area contributed by atoms with Gasteiger partial charge >= 0.3 is 0 Å². The molecular weight excluding hydrogens is 232 g/mol. The first-order valence-corrected chi connectivity index (χ1v) is 8.72. The van der Waals surface area contributed by atoms with Crippen molar-refractivity contribution in [3.05, 3.63) is 0 Å². The van der Waals surface area contributed by atoms with Crippen LogP contribution in [0.15, 0.2) is 0 Å². The smallest absolute Gasteiger partial charge is 0.0123 e. The average molecular weight is 266 g/mol. The molecule has 4 unspecified atom stereocenters. The van der Waals surface area contributed by atoms with E-state index in [-0.39, 0.29) is 0 Å². The van der Waals surface area contributed by atoms with E-state index in [1.54, 1.807) is 0 Å². The summed E-state index contributed by atoms with van der Waals surface area (Å²) in [5.74, 6) is 1.77. The molecule has 112 valence electrons. The molecule has 2 heteroatoms. The van der Waals surface area contributed by atoms with E-state index in [1.807, 2.05) is 0 Å². The monoisotopic (exact) mass is 266 g/mol. The van der Waals surface area contributed by atoms with Crippen LogP contribution >= 0.6 is 0 Å². The predicted octanol–water partition coefficient (Wildman–Crippen LogP) is 3.67. The van der Waals surface area contributed by atoms with Gasteiger partial charge in [-0.1, -0.05) is 40.0 Å². The highest BCUT2D eigenvalue weighted by molar-refractivity contribution is 4.86. The summed E-state index contributed by atoms with van der Waals surface area (Å²) < 4.78 is 0. The maximum Gasteiger partial charge on any atom is 0.0123 e. The van der Waals surface area contributed by atoms with Crippen LogP contribution in [0, 0.1) is 11.8 Å². The van der Waals surface area contributed by atoms with Crippen molar-refractivity contribution in [2.75, 3.05) is 19.6 Å². The van der Waals surface area contributed by atoms with Gasteiger partial charge in [0.1, 0.15) is 0 Å². The number of nitrogens with zero attached hydrogens (tertiary/aromatic N) is 1. The zero-order valence-electron chi connectivity index (χ0n) is 13.3. The Bertz CT molecular complexity index is 254. The van der Waals surface area contributed by atoms with Crippen LogP contribution in [0.5, 0.6) is 0 Å². The van der Waals surface area contributed by atoms with Gasteiger partial charge in [-0.25, -0.2) is 0 Å². The molecule has 2 fully saturated rings. The molecule has 1 N–H and O–H groups in total. The van der Waals surface area contributed by atoms with E-state index in [9.17, 15) is 0 Å². The van der Waals surface area contributed by atoms with Crippen molar-refractivity contribution >= 4 is 0 Å². The van der Waals surface area contributed by atoms with Crippen molar-refractivity contribution in [1.29, 1.82) is 0 Å². The Morgan fingerprint density at radius 3 is 2.58 bits per heavy atom. The van der Waals surface area contributed by atoms with Crippen LogP contribution in [0.3, 0.4) is 0 Å². The van der Waals surface area contributed by atoms with E-state index in [4.69, 9.17) is 0 Å². The normalized spacial score (nSPS) is 38.7. The lowest BCUT2D eigenvalue weighted by molar-refractivity contribution is 0.0747. The first-order chi connectivity index (χ1) is 9.24. The Morgan fingerprint density at radius 2 is 1.84 bits per heavy atom.